The summed E-state index contributed by atoms with van der Waals surface area (Å²) in [5.41, 5.74) is 6.36. The maximum Gasteiger partial charge on any atom is 0.0589 e. The fourth-order valence-electron chi connectivity index (χ4n) is 3.21. The van der Waals surface area contributed by atoms with Gasteiger partial charge in [-0.15, -0.1) is 0 Å². The molecule has 1 fully saturated rings. The summed E-state index contributed by atoms with van der Waals surface area (Å²) in [5.74, 6) is 2.23. The molecule has 0 spiro atoms. The fourth-order valence-corrected chi connectivity index (χ4v) is 3.21. The lowest BCUT2D eigenvalue weighted by Gasteiger charge is -2.38. The highest BCUT2D eigenvalue weighted by atomic mass is 16.5. The Balaban J connectivity index is 2.50. The van der Waals surface area contributed by atoms with E-state index in [-0.39, 0.29) is 0 Å². The van der Waals surface area contributed by atoms with Crippen molar-refractivity contribution < 1.29 is 9.47 Å². The Bertz CT molecular complexity index is 241. The highest BCUT2D eigenvalue weighted by Gasteiger charge is 2.30. The van der Waals surface area contributed by atoms with Gasteiger partial charge in [0.25, 0.3) is 0 Å². The average molecular weight is 286 g/mol. The van der Waals surface area contributed by atoms with Crippen molar-refractivity contribution in [3.05, 3.63) is 0 Å². The third-order valence-corrected chi connectivity index (χ3v) is 4.74. The van der Waals surface area contributed by atoms with Crippen molar-refractivity contribution >= 4 is 0 Å². The van der Waals surface area contributed by atoms with Crippen LogP contribution >= 0.6 is 0 Å². The maximum atomic E-state index is 6.36. The van der Waals surface area contributed by atoms with Crippen LogP contribution in [0, 0.1) is 17.8 Å². The van der Waals surface area contributed by atoms with Crippen molar-refractivity contribution in [2.24, 2.45) is 23.5 Å². The Morgan fingerprint density at radius 3 is 2.20 bits per heavy atom. The van der Waals surface area contributed by atoms with Gasteiger partial charge in [-0.25, -0.2) is 0 Å². The van der Waals surface area contributed by atoms with E-state index >= 15 is 0 Å². The number of nitrogens with two attached hydrogens (primary N) is 1. The summed E-state index contributed by atoms with van der Waals surface area (Å²) in [5, 5.41) is 0. The van der Waals surface area contributed by atoms with E-state index < -0.39 is 0 Å². The Morgan fingerprint density at radius 1 is 1.10 bits per heavy atom. The van der Waals surface area contributed by atoms with Crippen LogP contribution in [0.25, 0.3) is 0 Å². The van der Waals surface area contributed by atoms with E-state index in [2.05, 4.69) is 18.7 Å². The van der Waals surface area contributed by atoms with E-state index in [0.29, 0.717) is 12.0 Å². The molecule has 1 aliphatic carbocycles. The molecule has 0 aliphatic heterocycles. The minimum Gasteiger partial charge on any atom is -0.383 e. The zero-order valence-corrected chi connectivity index (χ0v) is 13.8. The minimum absolute atomic E-state index is 0.359. The number of hydrogen-bond donors (Lipinski definition) is 1. The number of hydrogen-bond acceptors (Lipinski definition) is 4. The van der Waals surface area contributed by atoms with Crippen molar-refractivity contribution in [3.63, 3.8) is 0 Å². The van der Waals surface area contributed by atoms with Gasteiger partial charge in [-0.2, -0.15) is 0 Å². The SMILES string of the molecule is COCCN(CCOC)CC1CC(C(C)C)CCC1N. The van der Waals surface area contributed by atoms with Crippen LogP contribution in [0.15, 0.2) is 0 Å². The molecule has 4 heteroatoms. The molecule has 4 nitrogen and oxygen atoms in total. The van der Waals surface area contributed by atoms with Gasteiger partial charge in [0.15, 0.2) is 0 Å². The standard InChI is InChI=1S/C16H34N2O2/c1-13(2)14-5-6-16(17)15(11-14)12-18(7-9-19-3)8-10-20-4/h13-16H,5-12,17H2,1-4H3. The lowest BCUT2D eigenvalue weighted by atomic mass is 9.73. The molecule has 3 atom stereocenters. The van der Waals surface area contributed by atoms with Crippen LogP contribution in [0.1, 0.15) is 33.1 Å². The van der Waals surface area contributed by atoms with Crippen LogP contribution in [0.5, 0.6) is 0 Å². The average Bonchev–Trinajstić information content (AvgIpc) is 2.43. The third kappa shape index (κ3) is 6.08. The van der Waals surface area contributed by atoms with Gasteiger partial charge in [0, 0.05) is 39.9 Å². The zero-order chi connectivity index (χ0) is 15.0. The molecule has 1 rings (SSSR count). The Kier molecular flexibility index (Phi) is 8.69. The molecule has 3 unspecified atom stereocenters. The Hall–Kier alpha value is -0.160. The molecule has 0 saturated heterocycles. The first-order chi connectivity index (χ1) is 9.58. The van der Waals surface area contributed by atoms with Gasteiger partial charge >= 0.3 is 0 Å². The zero-order valence-electron chi connectivity index (χ0n) is 13.8. The van der Waals surface area contributed by atoms with E-state index in [9.17, 15) is 0 Å². The van der Waals surface area contributed by atoms with E-state index in [4.69, 9.17) is 15.2 Å². The van der Waals surface area contributed by atoms with Gasteiger partial charge in [-0.1, -0.05) is 13.8 Å². The second-order valence-electron chi connectivity index (χ2n) is 6.53. The first kappa shape index (κ1) is 17.9. The van der Waals surface area contributed by atoms with Crippen molar-refractivity contribution in [2.75, 3.05) is 47.1 Å². The second-order valence-corrected chi connectivity index (χ2v) is 6.53. The molecular formula is C16H34N2O2. The van der Waals surface area contributed by atoms with Gasteiger partial charge in [0.05, 0.1) is 13.2 Å². The summed E-state index contributed by atoms with van der Waals surface area (Å²) in [6, 6.07) is 0.359. The van der Waals surface area contributed by atoms with Crippen LogP contribution in [0.3, 0.4) is 0 Å². The second kappa shape index (κ2) is 9.72. The molecule has 120 valence electrons. The molecule has 0 aromatic carbocycles. The molecule has 1 saturated carbocycles. The molecule has 2 N–H and O–H groups in total. The predicted molar refractivity (Wildman–Crippen MR) is 83.8 cm³/mol. The van der Waals surface area contributed by atoms with Crippen LogP contribution in [-0.4, -0.2) is 58.0 Å². The van der Waals surface area contributed by atoms with Gasteiger partial charge in [-0.3, -0.25) is 4.90 Å². The molecule has 20 heavy (non-hydrogen) atoms. The van der Waals surface area contributed by atoms with Crippen molar-refractivity contribution in [3.8, 4) is 0 Å². The summed E-state index contributed by atoms with van der Waals surface area (Å²) < 4.78 is 10.4. The van der Waals surface area contributed by atoms with Gasteiger partial charge in [-0.05, 0) is 37.0 Å². The lowest BCUT2D eigenvalue weighted by molar-refractivity contribution is 0.0833. The molecule has 0 amide bonds. The van der Waals surface area contributed by atoms with Crippen LogP contribution in [0.4, 0.5) is 0 Å². The van der Waals surface area contributed by atoms with Crippen molar-refractivity contribution in [1.29, 1.82) is 0 Å². The molecule has 0 aromatic rings. The van der Waals surface area contributed by atoms with Crippen molar-refractivity contribution in [1.82, 2.24) is 4.90 Å². The Morgan fingerprint density at radius 2 is 1.70 bits per heavy atom. The normalized spacial score (nSPS) is 27.4. The fraction of sp³-hybridized carbons (Fsp3) is 1.00. The van der Waals surface area contributed by atoms with Gasteiger partial charge in [0.1, 0.15) is 0 Å². The number of methoxy groups -OCH3 is 2. The van der Waals surface area contributed by atoms with Crippen LogP contribution < -0.4 is 5.73 Å². The highest BCUT2D eigenvalue weighted by Crippen LogP contribution is 2.33. The van der Waals surface area contributed by atoms with Gasteiger partial charge in [0.2, 0.25) is 0 Å². The molecule has 1 aliphatic rings. The predicted octanol–water partition coefficient (Wildman–Crippen LogP) is 1.98. The molecule has 0 radical (unpaired) electrons. The summed E-state index contributed by atoms with van der Waals surface area (Å²) >= 11 is 0. The molecular weight excluding hydrogens is 252 g/mol. The van der Waals surface area contributed by atoms with E-state index in [0.717, 1.165) is 44.7 Å². The minimum atomic E-state index is 0.359. The first-order valence-corrected chi connectivity index (χ1v) is 8.04. The number of ether oxygens (including phenoxy) is 2. The van der Waals surface area contributed by atoms with Gasteiger partial charge < -0.3 is 15.2 Å². The number of rotatable bonds is 9. The monoisotopic (exact) mass is 286 g/mol. The highest BCUT2D eigenvalue weighted by molar-refractivity contribution is 4.85. The first-order valence-electron chi connectivity index (χ1n) is 8.04. The topological polar surface area (TPSA) is 47.7 Å². The van der Waals surface area contributed by atoms with Crippen LogP contribution in [0.2, 0.25) is 0 Å². The number of nitrogens with zero attached hydrogens (tertiary/aromatic N) is 1. The summed E-state index contributed by atoms with van der Waals surface area (Å²) in [7, 11) is 3.52. The molecule has 0 bridgehead atoms. The third-order valence-electron chi connectivity index (χ3n) is 4.74. The quantitative estimate of drug-likeness (QED) is 0.704. The summed E-state index contributed by atoms with van der Waals surface area (Å²) in [6.07, 6.45) is 3.75. The van der Waals surface area contributed by atoms with Crippen LogP contribution in [-0.2, 0) is 9.47 Å². The van der Waals surface area contributed by atoms with Crippen molar-refractivity contribution in [2.45, 2.75) is 39.2 Å². The smallest absolute Gasteiger partial charge is 0.0589 e. The molecule has 0 heterocycles. The maximum absolute atomic E-state index is 6.36. The Labute approximate surface area is 125 Å². The van der Waals surface area contributed by atoms with E-state index in [1.165, 1.54) is 19.3 Å². The summed E-state index contributed by atoms with van der Waals surface area (Å²) in [6.45, 7) is 9.25. The molecule has 0 aromatic heterocycles. The van der Waals surface area contributed by atoms with E-state index in [1.807, 2.05) is 0 Å². The summed E-state index contributed by atoms with van der Waals surface area (Å²) in [4.78, 5) is 2.44. The van der Waals surface area contributed by atoms with E-state index in [1.54, 1.807) is 14.2 Å². The lowest BCUT2D eigenvalue weighted by Crippen LogP contribution is -2.45. The largest absolute Gasteiger partial charge is 0.383 e.